The fourth-order valence-electron chi connectivity index (χ4n) is 4.55. The first-order chi connectivity index (χ1) is 17.7. The van der Waals surface area contributed by atoms with Crippen LogP contribution in [-0.4, -0.2) is 66.8 Å². The summed E-state index contributed by atoms with van der Waals surface area (Å²) in [6.45, 7) is -0.556. The summed E-state index contributed by atoms with van der Waals surface area (Å²) in [5, 5.41) is 18.6. The van der Waals surface area contributed by atoms with Gasteiger partial charge in [-0.25, -0.2) is 8.42 Å². The summed E-state index contributed by atoms with van der Waals surface area (Å²) in [4.78, 5) is 18.1. The van der Waals surface area contributed by atoms with Crippen LogP contribution in [0.15, 0.2) is 65.6 Å². The van der Waals surface area contributed by atoms with Gasteiger partial charge in [-0.15, -0.1) is 0 Å². The highest BCUT2D eigenvalue weighted by atomic mass is 32.2. The molecule has 1 aliphatic carbocycles. The predicted molar refractivity (Wildman–Crippen MR) is 139 cm³/mol. The topological polar surface area (TPSA) is 126 Å². The minimum Gasteiger partial charge on any atom is -0.454 e. The number of aliphatic hydroxyl groups is 2. The van der Waals surface area contributed by atoms with E-state index in [1.165, 1.54) is 19.2 Å². The predicted octanol–water partition coefficient (Wildman–Crippen LogP) is 2.79. The Morgan fingerprint density at radius 1 is 1.11 bits per heavy atom. The molecule has 5 rings (SSSR count). The summed E-state index contributed by atoms with van der Waals surface area (Å²) in [5.74, 6) is 1.46. The number of nitrogens with zero attached hydrogens (tertiary/aromatic N) is 2. The lowest BCUT2D eigenvalue weighted by molar-refractivity contribution is -0.120. The zero-order valence-corrected chi connectivity index (χ0v) is 21.1. The number of carbonyl (C=O) groups excluding carboxylic acids is 1. The van der Waals surface area contributed by atoms with Gasteiger partial charge in [0.1, 0.15) is 5.78 Å². The monoisotopic (exact) mass is 528 g/mol. The largest absolute Gasteiger partial charge is 0.454 e. The molecular weight excluding hydrogens is 496 g/mol. The fraction of sp³-hybridized carbons (Fsp3) is 0.333. The molecule has 0 saturated heterocycles. The number of hydrogen-bond acceptors (Lipinski definition) is 8. The van der Waals surface area contributed by atoms with Gasteiger partial charge in [0.15, 0.2) is 11.5 Å². The Balaban J connectivity index is 0.00000210. The van der Waals surface area contributed by atoms with Crippen LogP contribution in [-0.2, 0) is 26.7 Å². The van der Waals surface area contributed by atoms with Gasteiger partial charge in [-0.3, -0.25) is 9.78 Å². The van der Waals surface area contributed by atoms with Crippen molar-refractivity contribution in [3.05, 3.63) is 71.9 Å². The van der Waals surface area contributed by atoms with E-state index in [1.807, 2.05) is 36.4 Å². The van der Waals surface area contributed by atoms with E-state index < -0.39 is 28.1 Å². The first-order valence-electron chi connectivity index (χ1n) is 12.0. The molecule has 1 atom stereocenters. The summed E-state index contributed by atoms with van der Waals surface area (Å²) in [7, 11) is -2.48. The third-order valence-electron chi connectivity index (χ3n) is 6.89. The van der Waals surface area contributed by atoms with Crippen LogP contribution in [0.3, 0.4) is 0 Å². The molecule has 10 heteroatoms. The van der Waals surface area contributed by atoms with Crippen molar-refractivity contribution in [3.8, 4) is 22.8 Å². The number of aromatic nitrogens is 1. The SMILES string of the molecule is CN(CC(O)CO)S(=O)(=O)c1ccc(-c2cccc(CC(=O)C3(c4ccc5c(c4)OCO5)CC3)n2)cc1.[HH].[HH]. The van der Waals surface area contributed by atoms with E-state index in [4.69, 9.17) is 14.6 Å². The van der Waals surface area contributed by atoms with Crippen molar-refractivity contribution in [1.82, 2.24) is 9.29 Å². The number of ether oxygens (including phenoxy) is 2. The number of hydrogen-bond donors (Lipinski definition) is 2. The molecule has 1 aromatic heterocycles. The number of carbonyl (C=O) groups is 1. The average molecular weight is 529 g/mol. The van der Waals surface area contributed by atoms with Crippen LogP contribution < -0.4 is 9.47 Å². The van der Waals surface area contributed by atoms with Gasteiger partial charge in [-0.2, -0.15) is 4.31 Å². The van der Waals surface area contributed by atoms with Crippen molar-refractivity contribution < 1.29 is 35.8 Å². The first kappa shape index (κ1) is 25.3. The van der Waals surface area contributed by atoms with E-state index in [0.29, 0.717) is 28.5 Å². The molecule has 3 aromatic rings. The summed E-state index contributed by atoms with van der Waals surface area (Å²) < 4.78 is 37.4. The van der Waals surface area contributed by atoms with Gasteiger partial charge < -0.3 is 19.7 Å². The van der Waals surface area contributed by atoms with Crippen LogP contribution in [0.1, 0.15) is 27.0 Å². The standard InChI is InChI=1S/C27H28N2O7S.2H2/c1-29(15-21(31)16-30)37(33,34)22-8-5-18(6-9-22)23-4-2-3-20(28-23)14-26(32)27(11-12-27)19-7-10-24-25(13-19)36-17-35-24;;/h2-10,13,21,30-31H,11-12,14-17H2,1H3;2*1H. The second kappa shape index (κ2) is 9.86. The number of pyridine rings is 1. The molecule has 1 unspecified atom stereocenters. The number of rotatable bonds is 10. The maximum absolute atomic E-state index is 13.3. The number of fused-ring (bicyclic) bond motifs is 1. The second-order valence-corrected chi connectivity index (χ2v) is 11.5. The third kappa shape index (κ3) is 4.97. The summed E-state index contributed by atoms with van der Waals surface area (Å²) in [5.41, 5.74) is 2.40. The minimum absolute atomic E-state index is 0. The lowest BCUT2D eigenvalue weighted by Gasteiger charge is -2.19. The Hall–Kier alpha value is -3.31. The smallest absolute Gasteiger partial charge is 0.242 e. The molecule has 198 valence electrons. The van der Waals surface area contributed by atoms with E-state index in [2.05, 4.69) is 4.98 Å². The van der Waals surface area contributed by atoms with Gasteiger partial charge in [0.25, 0.3) is 0 Å². The molecule has 1 saturated carbocycles. The first-order valence-corrected chi connectivity index (χ1v) is 13.4. The highest BCUT2D eigenvalue weighted by Gasteiger charge is 2.51. The molecule has 2 aromatic carbocycles. The Morgan fingerprint density at radius 2 is 1.84 bits per heavy atom. The zero-order chi connectivity index (χ0) is 26.2. The quantitative estimate of drug-likeness (QED) is 0.411. The second-order valence-electron chi connectivity index (χ2n) is 9.41. The average Bonchev–Trinajstić information content (AvgIpc) is 3.59. The van der Waals surface area contributed by atoms with Gasteiger partial charge in [-0.1, -0.05) is 24.3 Å². The van der Waals surface area contributed by atoms with Crippen molar-refractivity contribution in [1.29, 1.82) is 0 Å². The molecule has 2 N–H and O–H groups in total. The zero-order valence-electron chi connectivity index (χ0n) is 20.3. The normalized spacial score (nSPS) is 16.5. The van der Waals surface area contributed by atoms with Crippen molar-refractivity contribution in [3.63, 3.8) is 0 Å². The molecular formula is C27H32N2O7S. The van der Waals surface area contributed by atoms with E-state index in [-0.39, 0.29) is 33.3 Å². The van der Waals surface area contributed by atoms with Gasteiger partial charge in [0, 0.05) is 34.1 Å². The lowest BCUT2D eigenvalue weighted by Crippen LogP contribution is -2.35. The van der Waals surface area contributed by atoms with Gasteiger partial charge in [0.05, 0.1) is 28.7 Å². The van der Waals surface area contributed by atoms with Crippen LogP contribution in [0.4, 0.5) is 0 Å². The number of sulfonamides is 1. The van der Waals surface area contributed by atoms with Crippen LogP contribution >= 0.6 is 0 Å². The molecule has 0 amide bonds. The Labute approximate surface area is 218 Å². The molecule has 0 radical (unpaired) electrons. The summed E-state index contributed by atoms with van der Waals surface area (Å²) in [6, 6.07) is 17.4. The van der Waals surface area contributed by atoms with Crippen molar-refractivity contribution in [2.45, 2.75) is 35.7 Å². The third-order valence-corrected chi connectivity index (χ3v) is 8.73. The molecule has 9 nitrogen and oxygen atoms in total. The molecule has 37 heavy (non-hydrogen) atoms. The van der Waals surface area contributed by atoms with Gasteiger partial charge in [-0.05, 0) is 54.8 Å². The van der Waals surface area contributed by atoms with Crippen molar-refractivity contribution in [2.75, 3.05) is 27.0 Å². The number of aliphatic hydroxyl groups excluding tert-OH is 2. The number of Topliss-reactive ketones (excluding diaryl/α,β-unsaturated/α-hetero) is 1. The Bertz CT molecular complexity index is 1430. The Kier molecular flexibility index (Phi) is 6.76. The van der Waals surface area contributed by atoms with E-state index in [0.717, 1.165) is 22.7 Å². The number of benzene rings is 2. The lowest BCUT2D eigenvalue weighted by atomic mass is 9.88. The molecule has 0 spiro atoms. The van der Waals surface area contributed by atoms with Crippen LogP contribution in [0, 0.1) is 0 Å². The molecule has 2 heterocycles. The van der Waals surface area contributed by atoms with E-state index >= 15 is 0 Å². The van der Waals surface area contributed by atoms with E-state index in [9.17, 15) is 18.3 Å². The maximum Gasteiger partial charge on any atom is 0.242 e. The van der Waals surface area contributed by atoms with Crippen molar-refractivity contribution in [2.24, 2.45) is 0 Å². The van der Waals surface area contributed by atoms with Gasteiger partial charge in [0.2, 0.25) is 16.8 Å². The van der Waals surface area contributed by atoms with Crippen LogP contribution in [0.25, 0.3) is 11.3 Å². The van der Waals surface area contributed by atoms with Crippen molar-refractivity contribution >= 4 is 15.8 Å². The molecule has 0 bridgehead atoms. The minimum atomic E-state index is -3.83. The van der Waals surface area contributed by atoms with E-state index in [1.54, 1.807) is 12.1 Å². The van der Waals surface area contributed by atoms with Gasteiger partial charge >= 0.3 is 0 Å². The molecule has 2 aliphatic rings. The fourth-order valence-corrected chi connectivity index (χ4v) is 5.76. The molecule has 1 fully saturated rings. The molecule has 1 aliphatic heterocycles. The highest BCUT2D eigenvalue weighted by molar-refractivity contribution is 7.89. The maximum atomic E-state index is 13.3. The highest BCUT2D eigenvalue weighted by Crippen LogP contribution is 2.51. The summed E-state index contributed by atoms with van der Waals surface area (Å²) in [6.07, 6.45) is 0.594. The Morgan fingerprint density at radius 3 is 2.54 bits per heavy atom. The number of ketones is 1. The van der Waals surface area contributed by atoms with Crippen LogP contribution in [0.2, 0.25) is 0 Å². The van der Waals surface area contributed by atoms with Crippen LogP contribution in [0.5, 0.6) is 11.5 Å². The summed E-state index contributed by atoms with van der Waals surface area (Å²) >= 11 is 0. The number of likely N-dealkylation sites (N-methyl/N-ethyl adjacent to an activating group) is 1.